The van der Waals surface area contributed by atoms with Crippen LogP contribution in [0.1, 0.15) is 39.5 Å². The van der Waals surface area contributed by atoms with Crippen molar-refractivity contribution < 1.29 is 13.2 Å². The molecule has 2 aliphatic rings. The third-order valence-electron chi connectivity index (χ3n) is 4.19. The van der Waals surface area contributed by atoms with Crippen molar-refractivity contribution in [1.82, 2.24) is 4.90 Å². The first-order valence-electron chi connectivity index (χ1n) is 7.28. The number of alkyl halides is 3. The number of nitrogens with zero attached hydrogens (tertiary/aromatic N) is 3. The van der Waals surface area contributed by atoms with Crippen molar-refractivity contribution in [2.75, 3.05) is 13.1 Å². The third-order valence-corrected chi connectivity index (χ3v) is 4.19. The molecule has 0 amide bonds. The summed E-state index contributed by atoms with van der Waals surface area (Å²) in [6, 6.07) is 3.28. The minimum atomic E-state index is -4.55. The second-order valence-electron chi connectivity index (χ2n) is 6.61. The second-order valence-corrected chi connectivity index (χ2v) is 6.61. The largest absolute Gasteiger partial charge is 0.418 e. The molecule has 0 saturated carbocycles. The maximum atomic E-state index is 13.6. The third kappa shape index (κ3) is 3.11. The van der Waals surface area contributed by atoms with Crippen molar-refractivity contribution in [3.8, 4) is 12.1 Å². The summed E-state index contributed by atoms with van der Waals surface area (Å²) < 4.78 is 40.9. The van der Waals surface area contributed by atoms with Gasteiger partial charge in [0, 0.05) is 18.8 Å². The molecule has 1 fully saturated rings. The van der Waals surface area contributed by atoms with Crippen molar-refractivity contribution in [1.29, 1.82) is 10.5 Å². The van der Waals surface area contributed by atoms with Crippen LogP contribution in [0.25, 0.3) is 0 Å². The SMILES string of the molecule is CC1(C)CC(=C(C#N)C#N)C(C(F)(F)F)=C(N2CCCC2)C1. The van der Waals surface area contributed by atoms with E-state index in [4.69, 9.17) is 10.5 Å². The first-order chi connectivity index (χ1) is 10.2. The fourth-order valence-corrected chi connectivity index (χ4v) is 3.31. The highest BCUT2D eigenvalue weighted by atomic mass is 19.4. The number of likely N-dealkylation sites (tertiary alicyclic amines) is 1. The summed E-state index contributed by atoms with van der Waals surface area (Å²) in [6.45, 7) is 4.96. The first kappa shape index (κ1) is 16.4. The molecule has 0 spiro atoms. The Balaban J connectivity index is 2.71. The van der Waals surface area contributed by atoms with E-state index in [0.717, 1.165) is 12.8 Å². The number of allylic oxidation sites excluding steroid dienone is 4. The fourth-order valence-electron chi connectivity index (χ4n) is 3.31. The van der Waals surface area contributed by atoms with E-state index < -0.39 is 22.7 Å². The van der Waals surface area contributed by atoms with Gasteiger partial charge in [-0.2, -0.15) is 23.7 Å². The monoisotopic (exact) mass is 309 g/mol. The van der Waals surface area contributed by atoms with Crippen LogP contribution in [-0.4, -0.2) is 24.2 Å². The fraction of sp³-hybridized carbons (Fsp3) is 0.625. The number of rotatable bonds is 1. The molecule has 0 atom stereocenters. The maximum Gasteiger partial charge on any atom is 0.418 e. The maximum absolute atomic E-state index is 13.6. The summed E-state index contributed by atoms with van der Waals surface area (Å²) in [4.78, 5) is 1.77. The van der Waals surface area contributed by atoms with Crippen LogP contribution in [0.2, 0.25) is 0 Å². The Hall–Kier alpha value is -1.95. The van der Waals surface area contributed by atoms with Crippen LogP contribution in [0.5, 0.6) is 0 Å². The smallest absolute Gasteiger partial charge is 0.374 e. The van der Waals surface area contributed by atoms with Gasteiger partial charge < -0.3 is 4.90 Å². The highest BCUT2D eigenvalue weighted by molar-refractivity contribution is 5.54. The Morgan fingerprint density at radius 2 is 1.64 bits per heavy atom. The Bertz CT molecular complexity index is 590. The van der Waals surface area contributed by atoms with Gasteiger partial charge in [-0.1, -0.05) is 13.8 Å². The minimum Gasteiger partial charge on any atom is -0.374 e. The zero-order chi connectivity index (χ0) is 16.5. The van der Waals surface area contributed by atoms with E-state index in [1.165, 1.54) is 0 Å². The van der Waals surface area contributed by atoms with Gasteiger partial charge in [0.25, 0.3) is 0 Å². The molecule has 0 aromatic carbocycles. The summed E-state index contributed by atoms with van der Waals surface area (Å²) in [5.41, 5.74) is -1.47. The Morgan fingerprint density at radius 3 is 2.09 bits per heavy atom. The molecule has 2 rings (SSSR count). The van der Waals surface area contributed by atoms with Gasteiger partial charge >= 0.3 is 6.18 Å². The molecule has 118 valence electrons. The molecular weight excluding hydrogens is 291 g/mol. The van der Waals surface area contributed by atoms with Crippen LogP contribution < -0.4 is 0 Å². The van der Waals surface area contributed by atoms with Gasteiger partial charge in [-0.25, -0.2) is 0 Å². The molecule has 6 heteroatoms. The van der Waals surface area contributed by atoms with E-state index in [1.807, 2.05) is 13.8 Å². The molecule has 0 bridgehead atoms. The van der Waals surface area contributed by atoms with E-state index in [1.54, 1.807) is 17.0 Å². The average molecular weight is 309 g/mol. The van der Waals surface area contributed by atoms with Gasteiger partial charge in [0.1, 0.15) is 17.7 Å². The second kappa shape index (κ2) is 5.68. The number of hydrogen-bond donors (Lipinski definition) is 0. The lowest BCUT2D eigenvalue weighted by Crippen LogP contribution is -2.34. The van der Waals surface area contributed by atoms with Crippen LogP contribution in [0, 0.1) is 28.1 Å². The van der Waals surface area contributed by atoms with Gasteiger partial charge in [-0.3, -0.25) is 0 Å². The van der Waals surface area contributed by atoms with E-state index in [0.29, 0.717) is 19.5 Å². The summed E-state index contributed by atoms with van der Waals surface area (Å²) in [5, 5.41) is 18.1. The van der Waals surface area contributed by atoms with Crippen molar-refractivity contribution in [2.24, 2.45) is 5.41 Å². The van der Waals surface area contributed by atoms with E-state index in [2.05, 4.69) is 0 Å². The van der Waals surface area contributed by atoms with E-state index in [-0.39, 0.29) is 17.7 Å². The highest BCUT2D eigenvalue weighted by Gasteiger charge is 2.46. The van der Waals surface area contributed by atoms with Crippen LogP contribution >= 0.6 is 0 Å². The molecular formula is C16H18F3N3. The summed E-state index contributed by atoms with van der Waals surface area (Å²) in [7, 11) is 0. The Morgan fingerprint density at radius 1 is 1.09 bits per heavy atom. The number of hydrogen-bond acceptors (Lipinski definition) is 3. The summed E-state index contributed by atoms with van der Waals surface area (Å²) >= 11 is 0. The lowest BCUT2D eigenvalue weighted by Gasteiger charge is -2.39. The van der Waals surface area contributed by atoms with Crippen molar-refractivity contribution in [3.63, 3.8) is 0 Å². The predicted molar refractivity (Wildman–Crippen MR) is 75.2 cm³/mol. The van der Waals surface area contributed by atoms with Gasteiger partial charge in [-0.05, 0) is 36.7 Å². The molecule has 0 aromatic heterocycles. The molecule has 0 N–H and O–H groups in total. The molecule has 1 saturated heterocycles. The molecule has 0 radical (unpaired) electrons. The lowest BCUT2D eigenvalue weighted by molar-refractivity contribution is -0.0934. The van der Waals surface area contributed by atoms with Gasteiger partial charge in [0.15, 0.2) is 0 Å². The number of nitriles is 2. The molecule has 0 aromatic rings. The molecule has 1 aliphatic carbocycles. The Kier molecular flexibility index (Phi) is 4.24. The van der Waals surface area contributed by atoms with E-state index in [9.17, 15) is 13.2 Å². The van der Waals surface area contributed by atoms with Crippen LogP contribution in [0.4, 0.5) is 13.2 Å². The molecule has 1 heterocycles. The van der Waals surface area contributed by atoms with Crippen LogP contribution in [0.15, 0.2) is 22.4 Å². The van der Waals surface area contributed by atoms with Crippen LogP contribution in [-0.2, 0) is 0 Å². The normalized spacial score (nSPS) is 21.6. The topological polar surface area (TPSA) is 50.8 Å². The molecule has 22 heavy (non-hydrogen) atoms. The average Bonchev–Trinajstić information content (AvgIpc) is 2.90. The van der Waals surface area contributed by atoms with E-state index >= 15 is 0 Å². The zero-order valence-corrected chi connectivity index (χ0v) is 12.7. The number of halogens is 3. The summed E-state index contributed by atoms with van der Waals surface area (Å²) in [5.74, 6) is 0. The Labute approximate surface area is 128 Å². The highest BCUT2D eigenvalue weighted by Crippen LogP contribution is 2.49. The summed E-state index contributed by atoms with van der Waals surface area (Å²) in [6.07, 6.45) is -2.40. The predicted octanol–water partition coefficient (Wildman–Crippen LogP) is 4.06. The van der Waals surface area contributed by atoms with Gasteiger partial charge in [0.2, 0.25) is 0 Å². The van der Waals surface area contributed by atoms with Gasteiger partial charge in [-0.15, -0.1) is 0 Å². The molecule has 1 aliphatic heterocycles. The quantitative estimate of drug-likeness (QED) is 0.686. The van der Waals surface area contributed by atoms with Crippen molar-refractivity contribution in [2.45, 2.75) is 45.7 Å². The van der Waals surface area contributed by atoms with Crippen molar-refractivity contribution in [3.05, 3.63) is 22.4 Å². The van der Waals surface area contributed by atoms with Gasteiger partial charge in [0.05, 0.1) is 5.57 Å². The van der Waals surface area contributed by atoms with Crippen LogP contribution in [0.3, 0.4) is 0 Å². The standard InChI is InChI=1S/C16H18F3N3/c1-15(2)7-12(11(9-20)10-21)14(16(17,18)19)13(8-15)22-5-3-4-6-22/h3-8H2,1-2H3. The molecule has 3 nitrogen and oxygen atoms in total. The first-order valence-corrected chi connectivity index (χ1v) is 7.28. The van der Waals surface area contributed by atoms with Crippen molar-refractivity contribution >= 4 is 0 Å². The zero-order valence-electron chi connectivity index (χ0n) is 12.7. The minimum absolute atomic E-state index is 0.0929. The lowest BCUT2D eigenvalue weighted by atomic mass is 9.72. The molecule has 0 unspecified atom stereocenters.